The van der Waals surface area contributed by atoms with Crippen LogP contribution in [0, 0.1) is 6.92 Å². The van der Waals surface area contributed by atoms with E-state index in [0.717, 1.165) is 22.0 Å². The Kier molecular flexibility index (Phi) is 5.80. The summed E-state index contributed by atoms with van der Waals surface area (Å²) in [5.41, 5.74) is 3.08. The van der Waals surface area contributed by atoms with Crippen LogP contribution in [0.3, 0.4) is 0 Å². The number of ether oxygens (including phenoxy) is 1. The Morgan fingerprint density at radius 3 is 2.64 bits per heavy atom. The van der Waals surface area contributed by atoms with Crippen LogP contribution in [0.15, 0.2) is 60.0 Å². The molecule has 3 aromatic rings. The van der Waals surface area contributed by atoms with Crippen LogP contribution in [-0.2, 0) is 24.4 Å². The van der Waals surface area contributed by atoms with E-state index in [4.69, 9.17) is 4.74 Å². The molecular formula is C20H20N2O2S. The molecule has 0 aliphatic rings. The first kappa shape index (κ1) is 17.2. The first-order chi connectivity index (χ1) is 12.2. The summed E-state index contributed by atoms with van der Waals surface area (Å²) in [4.78, 5) is 16.5. The summed E-state index contributed by atoms with van der Waals surface area (Å²) in [6, 6.07) is 17.8. The third kappa shape index (κ3) is 5.43. The Morgan fingerprint density at radius 1 is 1.12 bits per heavy atom. The number of carbonyl (C=O) groups excluding carboxylic acids is 1. The lowest BCUT2D eigenvalue weighted by Gasteiger charge is -2.05. The topological polar surface area (TPSA) is 51.2 Å². The Labute approximate surface area is 151 Å². The lowest BCUT2D eigenvalue weighted by Crippen LogP contribution is -2.24. The van der Waals surface area contributed by atoms with E-state index < -0.39 is 0 Å². The second kappa shape index (κ2) is 8.44. The number of rotatable bonds is 7. The number of thiazole rings is 1. The molecular weight excluding hydrogens is 332 g/mol. The number of para-hydroxylation sites is 1. The number of nitrogens with one attached hydrogen (secondary N) is 1. The third-order valence-electron chi connectivity index (χ3n) is 3.66. The highest BCUT2D eigenvalue weighted by Crippen LogP contribution is 2.15. The molecule has 0 atom stereocenters. The summed E-state index contributed by atoms with van der Waals surface area (Å²) < 4.78 is 5.67. The SMILES string of the molecule is Cc1ccc(CNC(=O)Cc2csc(COc3ccccc3)n2)cc1. The largest absolute Gasteiger partial charge is 0.486 e. The number of benzene rings is 2. The highest BCUT2D eigenvalue weighted by Gasteiger charge is 2.08. The fraction of sp³-hybridized carbons (Fsp3) is 0.200. The number of carbonyl (C=O) groups is 1. The van der Waals surface area contributed by atoms with E-state index in [0.29, 0.717) is 13.2 Å². The molecule has 2 aromatic carbocycles. The van der Waals surface area contributed by atoms with Crippen LogP contribution < -0.4 is 10.1 Å². The van der Waals surface area contributed by atoms with Gasteiger partial charge in [0.15, 0.2) is 0 Å². The molecule has 0 fully saturated rings. The quantitative estimate of drug-likeness (QED) is 0.702. The van der Waals surface area contributed by atoms with Crippen molar-refractivity contribution in [2.24, 2.45) is 0 Å². The average molecular weight is 352 g/mol. The number of nitrogens with zero attached hydrogens (tertiary/aromatic N) is 1. The second-order valence-electron chi connectivity index (χ2n) is 5.77. The zero-order valence-electron chi connectivity index (χ0n) is 14.1. The number of hydrogen-bond acceptors (Lipinski definition) is 4. The van der Waals surface area contributed by atoms with Gasteiger partial charge in [0, 0.05) is 11.9 Å². The normalized spacial score (nSPS) is 10.4. The van der Waals surface area contributed by atoms with Crippen molar-refractivity contribution in [2.45, 2.75) is 26.5 Å². The molecule has 4 nitrogen and oxygen atoms in total. The fourth-order valence-corrected chi connectivity index (χ4v) is 3.00. The van der Waals surface area contributed by atoms with Crippen molar-refractivity contribution in [2.75, 3.05) is 0 Å². The van der Waals surface area contributed by atoms with Gasteiger partial charge in [0.2, 0.25) is 5.91 Å². The maximum Gasteiger partial charge on any atom is 0.226 e. The molecule has 0 spiro atoms. The summed E-state index contributed by atoms with van der Waals surface area (Å²) in [6.07, 6.45) is 0.285. The van der Waals surface area contributed by atoms with Gasteiger partial charge < -0.3 is 10.1 Å². The molecule has 0 aliphatic carbocycles. The van der Waals surface area contributed by atoms with Gasteiger partial charge in [-0.3, -0.25) is 4.79 Å². The van der Waals surface area contributed by atoms with Crippen molar-refractivity contribution in [3.63, 3.8) is 0 Å². The van der Waals surface area contributed by atoms with Crippen LogP contribution in [-0.4, -0.2) is 10.9 Å². The van der Waals surface area contributed by atoms with E-state index in [1.54, 1.807) is 0 Å². The standard InChI is InChI=1S/C20H20N2O2S/c1-15-7-9-16(10-8-15)12-21-19(23)11-17-14-25-20(22-17)13-24-18-5-3-2-4-6-18/h2-10,14H,11-13H2,1H3,(H,21,23). The number of hydrogen-bond donors (Lipinski definition) is 1. The number of amides is 1. The maximum atomic E-state index is 12.1. The summed E-state index contributed by atoms with van der Waals surface area (Å²) in [6.45, 7) is 3.00. The summed E-state index contributed by atoms with van der Waals surface area (Å²) >= 11 is 1.51. The predicted octanol–water partition coefficient (Wildman–Crippen LogP) is 3.89. The van der Waals surface area contributed by atoms with E-state index in [9.17, 15) is 4.79 Å². The van der Waals surface area contributed by atoms with Gasteiger partial charge in [0.05, 0.1) is 12.1 Å². The van der Waals surface area contributed by atoms with Crippen LogP contribution in [0.5, 0.6) is 5.75 Å². The predicted molar refractivity (Wildman–Crippen MR) is 99.6 cm³/mol. The lowest BCUT2D eigenvalue weighted by atomic mass is 10.1. The summed E-state index contributed by atoms with van der Waals surface area (Å²) in [5.74, 6) is 0.788. The van der Waals surface area contributed by atoms with Gasteiger partial charge in [-0.05, 0) is 24.6 Å². The average Bonchev–Trinajstić information content (AvgIpc) is 3.08. The van der Waals surface area contributed by atoms with Gasteiger partial charge in [0.1, 0.15) is 17.4 Å². The molecule has 1 amide bonds. The monoisotopic (exact) mass is 352 g/mol. The van der Waals surface area contributed by atoms with Crippen molar-refractivity contribution >= 4 is 17.2 Å². The van der Waals surface area contributed by atoms with Crippen LogP contribution in [0.25, 0.3) is 0 Å². The van der Waals surface area contributed by atoms with Gasteiger partial charge in [0.25, 0.3) is 0 Å². The second-order valence-corrected chi connectivity index (χ2v) is 6.72. The minimum absolute atomic E-state index is 0.0265. The Bertz CT molecular complexity index is 813. The highest BCUT2D eigenvalue weighted by atomic mass is 32.1. The van der Waals surface area contributed by atoms with Crippen LogP contribution in [0.4, 0.5) is 0 Å². The minimum atomic E-state index is -0.0265. The van der Waals surface area contributed by atoms with Crippen LogP contribution in [0.1, 0.15) is 21.8 Å². The van der Waals surface area contributed by atoms with Crippen LogP contribution in [0.2, 0.25) is 0 Å². The van der Waals surface area contributed by atoms with Gasteiger partial charge in [-0.2, -0.15) is 0 Å². The van der Waals surface area contributed by atoms with Crippen molar-refractivity contribution in [1.82, 2.24) is 10.3 Å². The Balaban J connectivity index is 1.45. The van der Waals surface area contributed by atoms with E-state index in [2.05, 4.69) is 10.3 Å². The first-order valence-corrected chi connectivity index (χ1v) is 9.00. The fourth-order valence-electron chi connectivity index (χ4n) is 2.29. The molecule has 0 unspecified atom stereocenters. The molecule has 1 N–H and O–H groups in total. The van der Waals surface area contributed by atoms with E-state index in [-0.39, 0.29) is 12.3 Å². The van der Waals surface area contributed by atoms with Crippen LogP contribution >= 0.6 is 11.3 Å². The van der Waals surface area contributed by atoms with E-state index in [1.165, 1.54) is 16.9 Å². The van der Waals surface area contributed by atoms with Crippen molar-refractivity contribution < 1.29 is 9.53 Å². The molecule has 1 aromatic heterocycles. The number of aromatic nitrogens is 1. The lowest BCUT2D eigenvalue weighted by molar-refractivity contribution is -0.120. The van der Waals surface area contributed by atoms with Gasteiger partial charge in [-0.1, -0.05) is 48.0 Å². The molecule has 0 bridgehead atoms. The van der Waals surface area contributed by atoms with Gasteiger partial charge in [-0.25, -0.2) is 4.98 Å². The Morgan fingerprint density at radius 2 is 1.88 bits per heavy atom. The first-order valence-electron chi connectivity index (χ1n) is 8.12. The van der Waals surface area contributed by atoms with Gasteiger partial charge in [-0.15, -0.1) is 11.3 Å². The highest BCUT2D eigenvalue weighted by molar-refractivity contribution is 7.09. The smallest absolute Gasteiger partial charge is 0.226 e. The minimum Gasteiger partial charge on any atom is -0.486 e. The summed E-state index contributed by atoms with van der Waals surface area (Å²) in [7, 11) is 0. The van der Waals surface area contributed by atoms with Crippen molar-refractivity contribution in [1.29, 1.82) is 0 Å². The number of aryl methyl sites for hydroxylation is 1. The molecule has 25 heavy (non-hydrogen) atoms. The van der Waals surface area contributed by atoms with E-state index in [1.807, 2.05) is 66.9 Å². The maximum absolute atomic E-state index is 12.1. The zero-order valence-corrected chi connectivity index (χ0v) is 14.9. The van der Waals surface area contributed by atoms with Gasteiger partial charge >= 0.3 is 0 Å². The van der Waals surface area contributed by atoms with E-state index >= 15 is 0 Å². The molecule has 0 radical (unpaired) electrons. The molecule has 1 heterocycles. The molecule has 5 heteroatoms. The van der Waals surface area contributed by atoms with Crippen molar-refractivity contribution in [3.05, 3.63) is 81.8 Å². The molecule has 3 rings (SSSR count). The molecule has 0 saturated heterocycles. The summed E-state index contributed by atoms with van der Waals surface area (Å²) in [5, 5.41) is 5.71. The zero-order chi connectivity index (χ0) is 17.5. The third-order valence-corrected chi connectivity index (χ3v) is 4.53. The Hall–Kier alpha value is -2.66. The molecule has 128 valence electrons. The van der Waals surface area contributed by atoms with Crippen molar-refractivity contribution in [3.8, 4) is 5.75 Å². The molecule has 0 saturated carbocycles. The molecule has 0 aliphatic heterocycles.